The van der Waals surface area contributed by atoms with Crippen molar-refractivity contribution in [2.75, 3.05) is 19.7 Å². The van der Waals surface area contributed by atoms with Crippen molar-refractivity contribution in [2.24, 2.45) is 42.5 Å². The number of nitrogens with zero attached hydrogens (tertiary/aromatic N) is 18. The lowest BCUT2D eigenvalue weighted by atomic mass is 9.83. The SMILES string of the molecule is CCC1O[C@@H](OC[C@H]2O[C@@H](O[C@@H]3C(OC(C)=O)[C@H](N=[N+]=[N-])CC(N=[N+]=[N-])[C@H]3O[C@H]3OC(CN=[N+]=[N-])[C@@H](OC(C)=O)[C@H](OC(C)=O)C3N=[N+]=[N-])C(OC(C)=O)[C@H]2O[C@H]2O[C@@H](CN=[N+]=[N-])[C@@H](C)C(OC(C)=O)C2N=[N+]=[N-])C(C)[C@@H](OC(=O)c2ccccc2)[C@@H]1OC(=O)c1ccccc1. The first-order chi connectivity index (χ1) is 46.1. The second-order valence-corrected chi connectivity index (χ2v) is 22.3. The van der Waals surface area contributed by atoms with Crippen LogP contribution in [0.2, 0.25) is 0 Å². The van der Waals surface area contributed by atoms with Gasteiger partial charge in [-0.15, -0.1) is 0 Å². The third-order valence-electron chi connectivity index (χ3n) is 15.9. The number of esters is 7. The minimum atomic E-state index is -2.09. The summed E-state index contributed by atoms with van der Waals surface area (Å²) in [5, 5.41) is 22.6. The zero-order valence-electron chi connectivity index (χ0n) is 52.7. The molecule has 2 aromatic carbocycles. The van der Waals surface area contributed by atoms with Crippen molar-refractivity contribution in [3.05, 3.63) is 134 Å². The van der Waals surface area contributed by atoms with E-state index in [1.807, 2.05) is 0 Å². The van der Waals surface area contributed by atoms with Crippen LogP contribution in [0.4, 0.5) is 0 Å². The molecular weight excluding hydrogens is 1280 g/mol. The molecule has 1 aliphatic carbocycles. The number of hydrogen-bond donors (Lipinski definition) is 0. The van der Waals surface area contributed by atoms with Crippen molar-refractivity contribution in [3.8, 4) is 0 Å². The Morgan fingerprint density at radius 1 is 0.417 bits per heavy atom. The third kappa shape index (κ3) is 18.6. The Bertz CT molecular complexity index is 3400. The molecule has 0 aromatic heterocycles. The smallest absolute Gasteiger partial charge is 0.338 e. The Morgan fingerprint density at radius 3 is 1.35 bits per heavy atom. The van der Waals surface area contributed by atoms with Gasteiger partial charge in [0.15, 0.2) is 49.6 Å². The van der Waals surface area contributed by atoms with Crippen molar-refractivity contribution in [2.45, 2.75) is 203 Å². The highest BCUT2D eigenvalue weighted by Gasteiger charge is 2.60. The molecule has 0 N–H and O–H groups in total. The molecule has 0 bridgehead atoms. The first-order valence-electron chi connectivity index (χ1n) is 29.9. The van der Waals surface area contributed by atoms with Gasteiger partial charge in [-0.2, -0.15) is 0 Å². The lowest BCUT2D eigenvalue weighted by molar-refractivity contribution is -0.311. The quantitative estimate of drug-likeness (QED) is 0.0273. The van der Waals surface area contributed by atoms with Crippen molar-refractivity contribution < 1.29 is 105 Å². The monoisotopic (exact) mass is 1340 g/mol. The summed E-state index contributed by atoms with van der Waals surface area (Å²) in [6.45, 7) is 8.01. The van der Waals surface area contributed by atoms with Gasteiger partial charge in [0.1, 0.15) is 60.9 Å². The molecule has 40 heteroatoms. The lowest BCUT2D eigenvalue weighted by Crippen LogP contribution is -2.65. The molecule has 4 heterocycles. The standard InChI is InChI=1S/C56H68N18O22/c1-9-35-45(93-52(81)32-18-14-11-15-19-32)42(92-51(80)31-16-12-10-13-17-31)25(3)53(88-35)82-23-38-47(95-54-39(67-73-61)41(83-26(4)75)24(2)36(89-54)21-63-69-57)50(87-30(8)79)56(91-38)96-49-43(84-27(5)76)33(65-71-59)20-34(66-72-60)44(49)94-55-40(68-74-62)48(86-29(7)78)46(85-28(6)77)37(90-55)22-64-70-58/h10-19,24-25,33-50,53-56H,9,20-23H2,1-8H3/t24-,25?,33-,34?,35?,36+,37?,38-,39?,40?,41?,42-,43?,44-,45-,46-,47+,48-,49-,50?,53-,54-,55-,56+/m1/s1. The molecule has 2 aromatic rings. The molecular formula is C56H68N18O22. The van der Waals surface area contributed by atoms with Crippen molar-refractivity contribution >= 4 is 41.8 Å². The molecule has 96 heavy (non-hydrogen) atoms. The van der Waals surface area contributed by atoms with Gasteiger partial charge in [-0.05, 0) is 70.3 Å². The van der Waals surface area contributed by atoms with E-state index in [0.29, 0.717) is 0 Å². The normalized spacial score (nSPS) is 33.6. The van der Waals surface area contributed by atoms with Crippen LogP contribution in [-0.2, 0) is 95.0 Å². The van der Waals surface area contributed by atoms with Gasteiger partial charge in [0.25, 0.3) is 0 Å². The number of rotatable bonds is 27. The number of benzene rings is 2. The summed E-state index contributed by atoms with van der Waals surface area (Å²) < 4.78 is 93.3. The van der Waals surface area contributed by atoms with Crippen LogP contribution in [0, 0.1) is 11.8 Å². The molecule has 7 rings (SSSR count). The minimum absolute atomic E-state index is 0.122. The Balaban J connectivity index is 1.37. The van der Waals surface area contributed by atoms with Gasteiger partial charge in [0.2, 0.25) is 0 Å². The first kappa shape index (κ1) is 73.7. The highest BCUT2D eigenvalue weighted by atomic mass is 16.8. The van der Waals surface area contributed by atoms with Gasteiger partial charge in [-0.3, -0.25) is 24.0 Å². The Labute approximate surface area is 544 Å². The highest BCUT2D eigenvalue weighted by Crippen LogP contribution is 2.42. The van der Waals surface area contributed by atoms with E-state index in [-0.39, 0.29) is 17.5 Å². The molecule has 514 valence electrons. The topological polar surface area (TPSA) is 551 Å². The fourth-order valence-electron chi connectivity index (χ4n) is 11.8. The average molecular weight is 1350 g/mol. The van der Waals surface area contributed by atoms with Crippen molar-refractivity contribution in [1.29, 1.82) is 0 Å². The maximum absolute atomic E-state index is 14.0. The highest BCUT2D eigenvalue weighted by molar-refractivity contribution is 5.90. The predicted octanol–water partition coefficient (Wildman–Crippen LogP) is 7.59. The number of carbonyl (C=O) groups excluding carboxylic acids is 7. The number of carbonyl (C=O) groups is 7. The van der Waals surface area contributed by atoms with E-state index in [0.717, 1.165) is 34.6 Å². The molecule has 0 spiro atoms. The molecule has 0 radical (unpaired) electrons. The zero-order valence-corrected chi connectivity index (χ0v) is 52.7. The molecule has 4 aliphatic heterocycles. The van der Waals surface area contributed by atoms with Crippen molar-refractivity contribution in [1.82, 2.24) is 0 Å². The Hall–Kier alpha value is -9.73. The number of ether oxygens (including phenoxy) is 15. The van der Waals surface area contributed by atoms with Crippen LogP contribution < -0.4 is 0 Å². The van der Waals surface area contributed by atoms with Crippen LogP contribution >= 0.6 is 0 Å². The summed E-state index contributed by atoms with van der Waals surface area (Å²) in [6, 6.07) is 9.30. The number of azide groups is 6. The largest absolute Gasteiger partial charge is 0.462 e. The van der Waals surface area contributed by atoms with Gasteiger partial charge in [0.05, 0.1) is 55.1 Å². The van der Waals surface area contributed by atoms with Crippen LogP contribution in [0.25, 0.3) is 62.7 Å². The molecule has 0 amide bonds. The average Bonchev–Trinajstić information content (AvgIpc) is 1.12. The minimum Gasteiger partial charge on any atom is -0.462 e. The van der Waals surface area contributed by atoms with Crippen LogP contribution in [-0.4, -0.2) is 196 Å². The third-order valence-corrected chi connectivity index (χ3v) is 15.9. The Kier molecular flexibility index (Phi) is 27.0. The van der Waals surface area contributed by atoms with Crippen LogP contribution in [0.5, 0.6) is 0 Å². The molecule has 4 saturated heterocycles. The predicted molar refractivity (Wildman–Crippen MR) is 317 cm³/mol. The zero-order chi connectivity index (χ0) is 69.8. The first-order valence-corrected chi connectivity index (χ1v) is 29.9. The fraction of sp³-hybridized carbons (Fsp3) is 0.661. The van der Waals surface area contributed by atoms with E-state index in [2.05, 4.69) is 60.2 Å². The van der Waals surface area contributed by atoms with E-state index in [4.69, 9.17) is 71.1 Å². The summed E-state index contributed by atoms with van der Waals surface area (Å²) in [5.74, 6) is -8.42. The molecule has 40 nitrogen and oxygen atoms in total. The summed E-state index contributed by atoms with van der Waals surface area (Å²) in [4.78, 5) is 110. The summed E-state index contributed by atoms with van der Waals surface area (Å²) in [7, 11) is 0. The Morgan fingerprint density at radius 2 is 0.833 bits per heavy atom. The maximum Gasteiger partial charge on any atom is 0.338 e. The van der Waals surface area contributed by atoms with E-state index in [1.165, 1.54) is 24.3 Å². The maximum atomic E-state index is 14.0. The molecule has 1 saturated carbocycles. The molecule has 24 atom stereocenters. The summed E-state index contributed by atoms with van der Waals surface area (Å²) in [5.41, 5.74) is 59.3. The van der Waals surface area contributed by atoms with E-state index in [1.54, 1.807) is 57.2 Å². The van der Waals surface area contributed by atoms with Crippen molar-refractivity contribution in [3.63, 3.8) is 0 Å². The van der Waals surface area contributed by atoms with E-state index >= 15 is 0 Å². The van der Waals surface area contributed by atoms with E-state index in [9.17, 15) is 66.7 Å². The van der Waals surface area contributed by atoms with Gasteiger partial charge in [0, 0.05) is 75.9 Å². The molecule has 5 aliphatic rings. The second-order valence-electron chi connectivity index (χ2n) is 22.3. The van der Waals surface area contributed by atoms with E-state index < -0.39 is 215 Å². The molecule has 5 fully saturated rings. The van der Waals surface area contributed by atoms with Gasteiger partial charge < -0.3 is 71.1 Å². The van der Waals surface area contributed by atoms with Gasteiger partial charge in [-0.25, -0.2) is 9.59 Å². The molecule has 9 unspecified atom stereocenters. The van der Waals surface area contributed by atoms with Crippen LogP contribution in [0.15, 0.2) is 91.3 Å². The van der Waals surface area contributed by atoms with Gasteiger partial charge in [-0.1, -0.05) is 87.9 Å². The van der Waals surface area contributed by atoms with Crippen LogP contribution in [0.3, 0.4) is 0 Å². The number of hydrogen-bond acceptors (Lipinski definition) is 28. The van der Waals surface area contributed by atoms with Gasteiger partial charge >= 0.3 is 41.8 Å². The fourth-order valence-corrected chi connectivity index (χ4v) is 11.8. The summed E-state index contributed by atoms with van der Waals surface area (Å²) in [6.07, 6.45) is -30.2. The second kappa shape index (κ2) is 35.1. The lowest BCUT2D eigenvalue weighted by Gasteiger charge is -2.48. The van der Waals surface area contributed by atoms with Crippen LogP contribution in [0.1, 0.15) is 88.9 Å². The summed E-state index contributed by atoms with van der Waals surface area (Å²) >= 11 is 0.